The molecule has 0 bridgehead atoms. The molecule has 1 aliphatic heterocycles. The minimum Gasteiger partial charge on any atom is -0.382 e. The second-order valence-electron chi connectivity index (χ2n) is 4.22. The van der Waals surface area contributed by atoms with E-state index in [1.165, 1.54) is 0 Å². The first kappa shape index (κ1) is 10.8. The van der Waals surface area contributed by atoms with Crippen LogP contribution in [-0.2, 0) is 9.59 Å². The molecule has 3 N–H and O–H groups in total. The number of aromatic amines is 1. The predicted octanol–water partition coefficient (Wildman–Crippen LogP) is 0.458. The van der Waals surface area contributed by atoms with E-state index in [1.54, 1.807) is 12.1 Å². The van der Waals surface area contributed by atoms with Crippen LogP contribution < -0.4 is 5.32 Å². The number of benzene rings is 1. The molecule has 18 heavy (non-hydrogen) atoms. The standard InChI is InChI=1S/C13H10N2O3/c16-6-10-11(12(17)13(18)15-10)8-5-14-9-4-2-1-3-7(8)9/h1-5,11-12,14,17H,(H,15,18). The summed E-state index contributed by atoms with van der Waals surface area (Å²) < 4.78 is 0. The molecule has 0 saturated carbocycles. The van der Waals surface area contributed by atoms with Crippen molar-refractivity contribution in [1.82, 2.24) is 10.3 Å². The Labute approximate surface area is 102 Å². The Morgan fingerprint density at radius 2 is 2.06 bits per heavy atom. The molecular formula is C13H10N2O3. The van der Waals surface area contributed by atoms with Crippen LogP contribution in [0.3, 0.4) is 0 Å². The van der Waals surface area contributed by atoms with Crippen molar-refractivity contribution in [2.45, 2.75) is 12.0 Å². The number of aliphatic hydroxyl groups is 1. The maximum absolute atomic E-state index is 11.4. The molecule has 0 radical (unpaired) electrons. The fourth-order valence-electron chi connectivity index (χ4n) is 2.36. The van der Waals surface area contributed by atoms with Crippen molar-refractivity contribution in [3.63, 3.8) is 0 Å². The highest BCUT2D eigenvalue weighted by Crippen LogP contribution is 2.34. The molecule has 1 aromatic heterocycles. The largest absolute Gasteiger partial charge is 0.382 e. The molecule has 1 amide bonds. The van der Waals surface area contributed by atoms with Crippen molar-refractivity contribution in [2.24, 2.45) is 0 Å². The average Bonchev–Trinajstić information content (AvgIpc) is 2.92. The number of fused-ring (bicyclic) bond motifs is 1. The van der Waals surface area contributed by atoms with Crippen molar-refractivity contribution in [3.8, 4) is 0 Å². The highest BCUT2D eigenvalue weighted by molar-refractivity contribution is 5.93. The van der Waals surface area contributed by atoms with Crippen LogP contribution >= 0.6 is 0 Å². The van der Waals surface area contributed by atoms with E-state index in [0.717, 1.165) is 16.5 Å². The summed E-state index contributed by atoms with van der Waals surface area (Å²) >= 11 is 0. The number of carbonyl (C=O) groups excluding carboxylic acids is 2. The summed E-state index contributed by atoms with van der Waals surface area (Å²) in [7, 11) is 0. The number of H-pyrrole nitrogens is 1. The molecule has 1 aromatic carbocycles. The molecule has 5 heteroatoms. The zero-order valence-corrected chi connectivity index (χ0v) is 9.31. The van der Waals surface area contributed by atoms with Gasteiger partial charge in [-0.3, -0.25) is 4.79 Å². The zero-order valence-electron chi connectivity index (χ0n) is 9.31. The number of aromatic nitrogens is 1. The fourth-order valence-corrected chi connectivity index (χ4v) is 2.36. The minimum absolute atomic E-state index is 0.0808. The second-order valence-corrected chi connectivity index (χ2v) is 4.22. The third-order valence-electron chi connectivity index (χ3n) is 3.22. The van der Waals surface area contributed by atoms with E-state index in [-0.39, 0.29) is 5.70 Å². The molecule has 1 aliphatic rings. The SMILES string of the molecule is O=C=C1NC(=O)C(O)C1c1c[nH]c2ccccc12. The van der Waals surface area contributed by atoms with Crippen molar-refractivity contribution >= 4 is 22.8 Å². The van der Waals surface area contributed by atoms with Crippen LogP contribution in [0.15, 0.2) is 36.2 Å². The Bertz CT molecular complexity index is 682. The number of para-hydroxylation sites is 1. The van der Waals surface area contributed by atoms with Gasteiger partial charge in [-0.25, -0.2) is 4.79 Å². The summed E-state index contributed by atoms with van der Waals surface area (Å²) in [6.45, 7) is 0. The lowest BCUT2D eigenvalue weighted by Crippen LogP contribution is -2.23. The Morgan fingerprint density at radius 1 is 1.28 bits per heavy atom. The molecule has 1 saturated heterocycles. The third-order valence-corrected chi connectivity index (χ3v) is 3.22. The van der Waals surface area contributed by atoms with Gasteiger partial charge in [0.2, 0.25) is 0 Å². The van der Waals surface area contributed by atoms with Crippen LogP contribution in [0.5, 0.6) is 0 Å². The van der Waals surface area contributed by atoms with E-state index in [1.807, 2.05) is 24.3 Å². The Hall–Kier alpha value is -2.36. The van der Waals surface area contributed by atoms with E-state index in [9.17, 15) is 14.7 Å². The number of aliphatic hydroxyl groups excluding tert-OH is 1. The summed E-state index contributed by atoms with van der Waals surface area (Å²) in [5.74, 6) is 0.448. The maximum Gasteiger partial charge on any atom is 0.254 e. The average molecular weight is 242 g/mol. The first-order valence-corrected chi connectivity index (χ1v) is 5.52. The van der Waals surface area contributed by atoms with Crippen molar-refractivity contribution < 1.29 is 14.7 Å². The van der Waals surface area contributed by atoms with Gasteiger partial charge in [0.05, 0.1) is 5.92 Å². The normalized spacial score (nSPS) is 23.2. The topological polar surface area (TPSA) is 82.2 Å². The van der Waals surface area contributed by atoms with E-state index >= 15 is 0 Å². The highest BCUT2D eigenvalue weighted by atomic mass is 16.3. The van der Waals surface area contributed by atoms with Gasteiger partial charge in [-0.1, -0.05) is 18.2 Å². The van der Waals surface area contributed by atoms with E-state index in [2.05, 4.69) is 10.3 Å². The lowest BCUT2D eigenvalue weighted by atomic mass is 9.93. The first-order chi connectivity index (χ1) is 8.72. The summed E-state index contributed by atoms with van der Waals surface area (Å²) in [4.78, 5) is 25.3. The molecule has 2 aromatic rings. The van der Waals surface area contributed by atoms with E-state index in [4.69, 9.17) is 0 Å². The summed E-state index contributed by atoms with van der Waals surface area (Å²) in [5, 5.41) is 13.1. The first-order valence-electron chi connectivity index (χ1n) is 5.52. The zero-order chi connectivity index (χ0) is 12.7. The van der Waals surface area contributed by atoms with Gasteiger partial charge in [-0.2, -0.15) is 0 Å². The van der Waals surface area contributed by atoms with Crippen LogP contribution in [0.25, 0.3) is 10.9 Å². The molecule has 2 heterocycles. The molecular weight excluding hydrogens is 232 g/mol. The van der Waals surface area contributed by atoms with Gasteiger partial charge in [0.15, 0.2) is 0 Å². The molecule has 0 spiro atoms. The van der Waals surface area contributed by atoms with Gasteiger partial charge in [0.1, 0.15) is 17.7 Å². The number of carbonyl (C=O) groups is 1. The third kappa shape index (κ3) is 1.39. The van der Waals surface area contributed by atoms with Crippen LogP contribution in [-0.4, -0.2) is 28.0 Å². The predicted molar refractivity (Wildman–Crippen MR) is 64.4 cm³/mol. The van der Waals surface area contributed by atoms with Crippen molar-refractivity contribution in [3.05, 3.63) is 41.7 Å². The van der Waals surface area contributed by atoms with Crippen LogP contribution in [0.4, 0.5) is 0 Å². The monoisotopic (exact) mass is 242 g/mol. The number of rotatable bonds is 1. The summed E-state index contributed by atoms with van der Waals surface area (Å²) in [6.07, 6.45) is 0.455. The number of nitrogens with one attached hydrogen (secondary N) is 2. The molecule has 2 atom stereocenters. The quantitative estimate of drug-likeness (QED) is 0.635. The fraction of sp³-hybridized carbons (Fsp3) is 0.154. The molecule has 90 valence electrons. The number of hydrogen-bond donors (Lipinski definition) is 3. The lowest BCUT2D eigenvalue weighted by molar-refractivity contribution is -0.126. The Kier molecular flexibility index (Phi) is 2.30. The van der Waals surface area contributed by atoms with E-state index < -0.39 is 17.9 Å². The number of hydrogen-bond acceptors (Lipinski definition) is 3. The lowest BCUT2D eigenvalue weighted by Gasteiger charge is -2.10. The Morgan fingerprint density at radius 3 is 2.83 bits per heavy atom. The van der Waals surface area contributed by atoms with Gasteiger partial charge in [0, 0.05) is 17.1 Å². The van der Waals surface area contributed by atoms with Gasteiger partial charge < -0.3 is 15.4 Å². The van der Waals surface area contributed by atoms with Crippen molar-refractivity contribution in [2.75, 3.05) is 0 Å². The van der Waals surface area contributed by atoms with Crippen LogP contribution in [0, 0.1) is 0 Å². The summed E-state index contributed by atoms with van der Waals surface area (Å²) in [6, 6.07) is 7.51. The molecule has 2 unspecified atom stereocenters. The van der Waals surface area contributed by atoms with Gasteiger partial charge in [-0.15, -0.1) is 0 Å². The minimum atomic E-state index is -1.25. The molecule has 0 aliphatic carbocycles. The second kappa shape index (κ2) is 3.84. The highest BCUT2D eigenvalue weighted by Gasteiger charge is 2.40. The van der Waals surface area contributed by atoms with Crippen LogP contribution in [0.1, 0.15) is 11.5 Å². The van der Waals surface area contributed by atoms with Gasteiger partial charge in [-0.05, 0) is 11.6 Å². The van der Waals surface area contributed by atoms with Crippen molar-refractivity contribution in [1.29, 1.82) is 0 Å². The number of amides is 1. The molecule has 3 rings (SSSR count). The molecule has 5 nitrogen and oxygen atoms in total. The maximum atomic E-state index is 11.4. The van der Waals surface area contributed by atoms with Gasteiger partial charge in [0.25, 0.3) is 5.91 Å². The smallest absolute Gasteiger partial charge is 0.254 e. The van der Waals surface area contributed by atoms with Crippen LogP contribution in [0.2, 0.25) is 0 Å². The Balaban J connectivity index is 2.20. The van der Waals surface area contributed by atoms with E-state index in [0.29, 0.717) is 0 Å². The van der Waals surface area contributed by atoms with Gasteiger partial charge >= 0.3 is 0 Å². The molecule has 1 fully saturated rings. The summed E-state index contributed by atoms with van der Waals surface area (Å²) in [5.41, 5.74) is 1.69.